The minimum Gasteiger partial charge on any atom is -0.363 e. The number of nitro groups is 1. The third-order valence-corrected chi connectivity index (χ3v) is 4.35. The Hall–Kier alpha value is -1.58. The van der Waals surface area contributed by atoms with E-state index in [1.54, 1.807) is 12.1 Å². The summed E-state index contributed by atoms with van der Waals surface area (Å²) in [7, 11) is 0. The summed E-state index contributed by atoms with van der Waals surface area (Å²) >= 11 is 0. The zero-order valence-corrected chi connectivity index (χ0v) is 13.1. The van der Waals surface area contributed by atoms with E-state index in [0.29, 0.717) is 12.0 Å². The molecule has 1 aromatic carbocycles. The fraction of sp³-hybridized carbons (Fsp3) is 0.647. The minimum absolute atomic E-state index is 0.242. The molecule has 0 heterocycles. The van der Waals surface area contributed by atoms with Crippen molar-refractivity contribution in [2.75, 3.05) is 11.4 Å². The number of nitrogens with zero attached hydrogens (tertiary/aromatic N) is 2. The van der Waals surface area contributed by atoms with Gasteiger partial charge in [0.1, 0.15) is 5.69 Å². The Balaban J connectivity index is 2.27. The average molecular weight is 290 g/mol. The number of para-hydroxylation sites is 2. The van der Waals surface area contributed by atoms with Gasteiger partial charge in [0.05, 0.1) is 4.92 Å². The Morgan fingerprint density at radius 3 is 2.52 bits per heavy atom. The van der Waals surface area contributed by atoms with Gasteiger partial charge in [0.15, 0.2) is 0 Å². The highest BCUT2D eigenvalue weighted by Gasteiger charge is 2.26. The van der Waals surface area contributed by atoms with Crippen LogP contribution in [0.5, 0.6) is 0 Å². The average Bonchev–Trinajstić information content (AvgIpc) is 2.48. The minimum atomic E-state index is -0.249. The predicted octanol–water partition coefficient (Wildman–Crippen LogP) is 4.78. The number of rotatable bonds is 6. The van der Waals surface area contributed by atoms with Crippen LogP contribution in [0.4, 0.5) is 11.4 Å². The maximum absolute atomic E-state index is 11.3. The Morgan fingerprint density at radius 2 is 1.90 bits per heavy atom. The van der Waals surface area contributed by atoms with Gasteiger partial charge in [-0.1, -0.05) is 45.2 Å². The van der Waals surface area contributed by atoms with Crippen molar-refractivity contribution in [3.05, 3.63) is 34.4 Å². The molecule has 0 bridgehead atoms. The highest BCUT2D eigenvalue weighted by molar-refractivity contribution is 5.63. The molecule has 1 fully saturated rings. The summed E-state index contributed by atoms with van der Waals surface area (Å²) in [5, 5.41) is 11.3. The number of hydrogen-bond donors (Lipinski definition) is 0. The maximum atomic E-state index is 11.3. The largest absolute Gasteiger partial charge is 0.363 e. The summed E-state index contributed by atoms with van der Waals surface area (Å²) < 4.78 is 0. The molecule has 0 atom stereocenters. The molecule has 0 amide bonds. The molecule has 116 valence electrons. The lowest BCUT2D eigenvalue weighted by molar-refractivity contribution is -0.384. The molecule has 1 aliphatic carbocycles. The molecule has 2 rings (SSSR count). The molecule has 1 aliphatic rings. The highest BCUT2D eigenvalue weighted by atomic mass is 16.6. The molecule has 21 heavy (non-hydrogen) atoms. The zero-order chi connectivity index (χ0) is 15.2. The van der Waals surface area contributed by atoms with Gasteiger partial charge < -0.3 is 4.90 Å². The van der Waals surface area contributed by atoms with Gasteiger partial charge in [-0.05, 0) is 31.2 Å². The summed E-state index contributed by atoms with van der Waals surface area (Å²) in [6.45, 7) is 5.32. The van der Waals surface area contributed by atoms with E-state index in [1.807, 2.05) is 12.1 Å². The van der Waals surface area contributed by atoms with Crippen LogP contribution in [0.15, 0.2) is 24.3 Å². The van der Waals surface area contributed by atoms with Crippen molar-refractivity contribution in [1.29, 1.82) is 0 Å². The van der Waals surface area contributed by atoms with Crippen LogP contribution in [0.1, 0.15) is 52.4 Å². The van der Waals surface area contributed by atoms with Gasteiger partial charge in [-0.3, -0.25) is 10.1 Å². The summed E-state index contributed by atoms with van der Waals surface area (Å²) in [6.07, 6.45) is 7.16. The molecular formula is C17H26N2O2. The van der Waals surface area contributed by atoms with Crippen molar-refractivity contribution >= 4 is 11.4 Å². The third-order valence-electron chi connectivity index (χ3n) is 4.35. The molecule has 4 nitrogen and oxygen atoms in total. The van der Waals surface area contributed by atoms with E-state index in [1.165, 1.54) is 19.3 Å². The lowest BCUT2D eigenvalue weighted by Crippen LogP contribution is -2.38. The lowest BCUT2D eigenvalue weighted by Gasteiger charge is -2.36. The first-order valence-corrected chi connectivity index (χ1v) is 8.09. The van der Waals surface area contributed by atoms with Crippen molar-refractivity contribution < 1.29 is 4.92 Å². The fourth-order valence-electron chi connectivity index (χ4n) is 3.15. The number of hydrogen-bond acceptors (Lipinski definition) is 3. The lowest BCUT2D eigenvalue weighted by atomic mass is 9.93. The summed E-state index contributed by atoms with van der Waals surface area (Å²) in [4.78, 5) is 13.4. The van der Waals surface area contributed by atoms with Crippen LogP contribution in [0.25, 0.3) is 0 Å². The Morgan fingerprint density at radius 1 is 1.24 bits per heavy atom. The molecule has 1 saturated carbocycles. The summed E-state index contributed by atoms with van der Waals surface area (Å²) in [5.74, 6) is 0.610. The van der Waals surface area contributed by atoms with E-state index < -0.39 is 0 Å². The van der Waals surface area contributed by atoms with E-state index in [0.717, 1.165) is 31.5 Å². The Kier molecular flexibility index (Phi) is 5.59. The molecule has 1 aromatic rings. The second-order valence-corrected chi connectivity index (χ2v) is 6.41. The highest BCUT2D eigenvalue weighted by Crippen LogP contribution is 2.33. The van der Waals surface area contributed by atoms with Crippen LogP contribution in [0.3, 0.4) is 0 Å². The molecule has 0 N–H and O–H groups in total. The second kappa shape index (κ2) is 7.43. The first kappa shape index (κ1) is 15.8. The molecule has 0 aromatic heterocycles. The Labute approximate surface area is 127 Å². The van der Waals surface area contributed by atoms with Gasteiger partial charge in [0, 0.05) is 18.7 Å². The predicted molar refractivity (Wildman–Crippen MR) is 86.8 cm³/mol. The maximum Gasteiger partial charge on any atom is 0.292 e. The standard InChI is InChI=1S/C17H26N2O2/c1-14(2)12-13-18(15-8-4-3-5-9-15)16-10-6-7-11-17(16)19(20)21/h6-7,10-11,14-15H,3-5,8-9,12-13H2,1-2H3. The summed E-state index contributed by atoms with van der Waals surface area (Å²) in [5.41, 5.74) is 1.04. The normalized spacial score (nSPS) is 16.1. The first-order valence-electron chi connectivity index (χ1n) is 8.09. The molecule has 0 spiro atoms. The van der Waals surface area contributed by atoms with Crippen LogP contribution >= 0.6 is 0 Å². The van der Waals surface area contributed by atoms with Gasteiger partial charge in [-0.25, -0.2) is 0 Å². The van der Waals surface area contributed by atoms with Crippen molar-refractivity contribution in [3.63, 3.8) is 0 Å². The number of benzene rings is 1. The monoisotopic (exact) mass is 290 g/mol. The molecule has 4 heteroatoms. The second-order valence-electron chi connectivity index (χ2n) is 6.41. The van der Waals surface area contributed by atoms with Gasteiger partial charge in [0.25, 0.3) is 5.69 Å². The fourth-order valence-corrected chi connectivity index (χ4v) is 3.15. The molecule has 0 unspecified atom stereocenters. The van der Waals surface area contributed by atoms with Crippen molar-refractivity contribution in [2.24, 2.45) is 5.92 Å². The number of anilines is 1. The van der Waals surface area contributed by atoms with E-state index >= 15 is 0 Å². The van der Waals surface area contributed by atoms with Gasteiger partial charge in [-0.15, -0.1) is 0 Å². The van der Waals surface area contributed by atoms with Gasteiger partial charge in [0.2, 0.25) is 0 Å². The topological polar surface area (TPSA) is 46.4 Å². The Bertz CT molecular complexity index is 468. The van der Waals surface area contributed by atoms with Crippen LogP contribution < -0.4 is 4.90 Å². The van der Waals surface area contributed by atoms with Crippen LogP contribution in [0, 0.1) is 16.0 Å². The van der Waals surface area contributed by atoms with Gasteiger partial charge in [-0.2, -0.15) is 0 Å². The van der Waals surface area contributed by atoms with Gasteiger partial charge >= 0.3 is 0 Å². The zero-order valence-electron chi connectivity index (χ0n) is 13.1. The van der Waals surface area contributed by atoms with Crippen LogP contribution in [-0.2, 0) is 0 Å². The van der Waals surface area contributed by atoms with Crippen LogP contribution in [-0.4, -0.2) is 17.5 Å². The van der Waals surface area contributed by atoms with Crippen molar-refractivity contribution in [2.45, 2.75) is 58.4 Å². The quantitative estimate of drug-likeness (QED) is 0.559. The summed E-state index contributed by atoms with van der Waals surface area (Å²) in [6, 6.07) is 7.66. The smallest absolute Gasteiger partial charge is 0.292 e. The molecule has 0 saturated heterocycles. The van der Waals surface area contributed by atoms with E-state index in [2.05, 4.69) is 18.7 Å². The molecule has 0 radical (unpaired) electrons. The molecule has 0 aliphatic heterocycles. The van der Waals surface area contributed by atoms with Crippen molar-refractivity contribution in [1.82, 2.24) is 0 Å². The number of nitro benzene ring substituents is 1. The SMILES string of the molecule is CC(C)CCN(c1ccccc1[N+](=O)[O-])C1CCCCC1. The third kappa shape index (κ3) is 4.19. The van der Waals surface area contributed by atoms with Crippen molar-refractivity contribution in [3.8, 4) is 0 Å². The molecular weight excluding hydrogens is 264 g/mol. The van der Waals surface area contributed by atoms with E-state index in [4.69, 9.17) is 0 Å². The van der Waals surface area contributed by atoms with E-state index in [-0.39, 0.29) is 10.6 Å². The first-order chi connectivity index (χ1) is 10.1. The van der Waals surface area contributed by atoms with Crippen LogP contribution in [0.2, 0.25) is 0 Å². The van der Waals surface area contributed by atoms with E-state index in [9.17, 15) is 10.1 Å².